The highest BCUT2D eigenvalue weighted by Gasteiger charge is 2.14. The Bertz CT molecular complexity index is 508. The van der Waals surface area contributed by atoms with Gasteiger partial charge in [-0.25, -0.2) is 0 Å². The summed E-state index contributed by atoms with van der Waals surface area (Å²) in [6.45, 7) is 1.81. The van der Waals surface area contributed by atoms with E-state index < -0.39 is 0 Å². The van der Waals surface area contributed by atoms with Crippen LogP contribution in [0.3, 0.4) is 0 Å². The summed E-state index contributed by atoms with van der Waals surface area (Å²) in [6, 6.07) is 5.22. The van der Waals surface area contributed by atoms with Gasteiger partial charge in [-0.3, -0.25) is 0 Å². The lowest BCUT2D eigenvalue weighted by Gasteiger charge is -2.06. The highest BCUT2D eigenvalue weighted by molar-refractivity contribution is 9.10. The fourth-order valence-corrected chi connectivity index (χ4v) is 1.84. The lowest BCUT2D eigenvalue weighted by Crippen LogP contribution is -1.84. The predicted octanol–water partition coefficient (Wildman–Crippen LogP) is 2.70. The first-order valence-corrected chi connectivity index (χ1v) is 5.09. The van der Waals surface area contributed by atoms with Gasteiger partial charge >= 0.3 is 0 Å². The van der Waals surface area contributed by atoms with Gasteiger partial charge in [0.2, 0.25) is 5.88 Å². The van der Waals surface area contributed by atoms with E-state index in [4.69, 9.17) is 10.3 Å². The fourth-order valence-electron chi connectivity index (χ4n) is 1.32. The Morgan fingerprint density at radius 3 is 2.80 bits per heavy atom. The Balaban J connectivity index is 2.66. The molecule has 5 heteroatoms. The van der Waals surface area contributed by atoms with E-state index in [1.54, 1.807) is 6.07 Å². The predicted molar refractivity (Wildman–Crippen MR) is 60.5 cm³/mol. The Morgan fingerprint density at radius 2 is 2.20 bits per heavy atom. The topological polar surface area (TPSA) is 72.3 Å². The SMILES string of the molecule is Cc1ccc(Br)c(-c2cc(N)on2)c1O. The molecule has 1 aromatic heterocycles. The molecule has 0 aliphatic rings. The van der Waals surface area contributed by atoms with Crippen LogP contribution >= 0.6 is 15.9 Å². The second-order valence-corrected chi connectivity index (χ2v) is 4.06. The van der Waals surface area contributed by atoms with Gasteiger partial charge in [-0.15, -0.1) is 0 Å². The summed E-state index contributed by atoms with van der Waals surface area (Å²) < 4.78 is 5.51. The molecule has 0 unspecified atom stereocenters. The van der Waals surface area contributed by atoms with Crippen molar-refractivity contribution in [2.45, 2.75) is 6.92 Å². The molecule has 15 heavy (non-hydrogen) atoms. The normalized spacial score (nSPS) is 10.5. The van der Waals surface area contributed by atoms with Crippen LogP contribution in [0.4, 0.5) is 5.88 Å². The van der Waals surface area contributed by atoms with Gasteiger partial charge in [0.1, 0.15) is 11.4 Å². The molecule has 0 radical (unpaired) electrons. The van der Waals surface area contributed by atoms with Crippen molar-refractivity contribution in [3.63, 3.8) is 0 Å². The number of hydrogen-bond donors (Lipinski definition) is 2. The molecule has 0 atom stereocenters. The lowest BCUT2D eigenvalue weighted by molar-refractivity contribution is 0.437. The van der Waals surface area contributed by atoms with E-state index in [2.05, 4.69) is 21.1 Å². The standard InChI is InChI=1S/C10H9BrN2O2/c1-5-2-3-6(11)9(10(5)14)7-4-8(12)15-13-7/h2-4,14H,12H2,1H3. The first-order valence-electron chi connectivity index (χ1n) is 4.30. The third-order valence-electron chi connectivity index (χ3n) is 2.11. The number of nitrogens with two attached hydrogens (primary N) is 1. The second-order valence-electron chi connectivity index (χ2n) is 3.20. The van der Waals surface area contributed by atoms with Gasteiger partial charge in [-0.2, -0.15) is 0 Å². The van der Waals surface area contributed by atoms with Crippen molar-refractivity contribution in [1.82, 2.24) is 5.16 Å². The van der Waals surface area contributed by atoms with E-state index in [1.807, 2.05) is 19.1 Å². The Kier molecular flexibility index (Phi) is 2.40. The maximum atomic E-state index is 9.89. The number of aromatic nitrogens is 1. The summed E-state index contributed by atoms with van der Waals surface area (Å²) in [7, 11) is 0. The fraction of sp³-hybridized carbons (Fsp3) is 0.100. The third-order valence-corrected chi connectivity index (χ3v) is 2.77. The average Bonchev–Trinajstić information content (AvgIpc) is 2.59. The molecule has 0 spiro atoms. The quantitative estimate of drug-likeness (QED) is 0.834. The molecular formula is C10H9BrN2O2. The number of nitrogen functional groups attached to an aromatic ring is 1. The third kappa shape index (κ3) is 1.70. The van der Waals surface area contributed by atoms with Gasteiger partial charge in [0, 0.05) is 10.5 Å². The number of phenolic OH excluding ortho intramolecular Hbond substituents is 1. The van der Waals surface area contributed by atoms with Crippen molar-refractivity contribution < 1.29 is 9.63 Å². The number of hydrogen-bond acceptors (Lipinski definition) is 4. The van der Waals surface area contributed by atoms with Crippen LogP contribution in [0.5, 0.6) is 5.75 Å². The zero-order valence-corrected chi connectivity index (χ0v) is 9.58. The number of nitrogens with zero attached hydrogens (tertiary/aromatic N) is 1. The Morgan fingerprint density at radius 1 is 1.47 bits per heavy atom. The molecular weight excluding hydrogens is 260 g/mol. The van der Waals surface area contributed by atoms with Crippen LogP contribution in [0.2, 0.25) is 0 Å². The zero-order valence-electron chi connectivity index (χ0n) is 7.99. The molecule has 0 bridgehead atoms. The zero-order chi connectivity index (χ0) is 11.0. The number of benzene rings is 1. The number of aromatic hydroxyl groups is 1. The van der Waals surface area contributed by atoms with Gasteiger partial charge < -0.3 is 15.4 Å². The van der Waals surface area contributed by atoms with Crippen LogP contribution in [0, 0.1) is 6.92 Å². The monoisotopic (exact) mass is 268 g/mol. The van der Waals surface area contributed by atoms with E-state index in [0.717, 1.165) is 10.0 Å². The molecule has 78 valence electrons. The molecule has 2 rings (SSSR count). The number of aryl methyl sites for hydroxylation is 1. The minimum atomic E-state index is 0.178. The van der Waals surface area contributed by atoms with Gasteiger partial charge in [-0.1, -0.05) is 11.2 Å². The molecule has 0 saturated carbocycles. The molecule has 1 heterocycles. The summed E-state index contributed by atoms with van der Waals surface area (Å²) in [5.41, 5.74) is 7.31. The van der Waals surface area contributed by atoms with Gasteiger partial charge in [-0.05, 0) is 34.5 Å². The Labute approximate surface area is 94.8 Å². The minimum absolute atomic E-state index is 0.178. The van der Waals surface area contributed by atoms with Gasteiger partial charge in [0.25, 0.3) is 0 Å². The van der Waals surface area contributed by atoms with Crippen molar-refractivity contribution in [2.75, 3.05) is 5.73 Å². The maximum absolute atomic E-state index is 9.89. The number of anilines is 1. The van der Waals surface area contributed by atoms with Crippen LogP contribution in [-0.2, 0) is 0 Å². The van der Waals surface area contributed by atoms with Crippen LogP contribution < -0.4 is 5.73 Å². The van der Waals surface area contributed by atoms with E-state index in [0.29, 0.717) is 11.3 Å². The molecule has 4 nitrogen and oxygen atoms in total. The van der Waals surface area contributed by atoms with Crippen LogP contribution in [0.15, 0.2) is 27.2 Å². The van der Waals surface area contributed by atoms with Crippen LogP contribution in [-0.4, -0.2) is 10.3 Å². The number of halogens is 1. The first-order chi connectivity index (χ1) is 7.09. The largest absolute Gasteiger partial charge is 0.507 e. The summed E-state index contributed by atoms with van der Waals surface area (Å²) in [5, 5.41) is 13.6. The summed E-state index contributed by atoms with van der Waals surface area (Å²) >= 11 is 3.34. The van der Waals surface area contributed by atoms with E-state index in [1.165, 1.54) is 0 Å². The van der Waals surface area contributed by atoms with Gasteiger partial charge in [0.15, 0.2) is 0 Å². The molecule has 0 amide bonds. The van der Waals surface area contributed by atoms with Crippen molar-refractivity contribution >= 4 is 21.8 Å². The number of rotatable bonds is 1. The second kappa shape index (κ2) is 3.58. The van der Waals surface area contributed by atoms with Crippen molar-refractivity contribution in [3.05, 3.63) is 28.2 Å². The van der Waals surface area contributed by atoms with Crippen molar-refractivity contribution in [1.29, 1.82) is 0 Å². The molecule has 2 aromatic rings. The van der Waals surface area contributed by atoms with E-state index in [-0.39, 0.29) is 11.6 Å². The smallest absolute Gasteiger partial charge is 0.222 e. The van der Waals surface area contributed by atoms with Crippen molar-refractivity contribution in [2.24, 2.45) is 0 Å². The maximum Gasteiger partial charge on any atom is 0.222 e. The molecule has 0 aliphatic carbocycles. The van der Waals surface area contributed by atoms with Crippen molar-refractivity contribution in [3.8, 4) is 17.0 Å². The lowest BCUT2D eigenvalue weighted by atomic mass is 10.1. The molecule has 0 aliphatic heterocycles. The van der Waals surface area contributed by atoms with E-state index in [9.17, 15) is 5.11 Å². The summed E-state index contributed by atoms with van der Waals surface area (Å²) in [4.78, 5) is 0. The molecule has 0 fully saturated rings. The highest BCUT2D eigenvalue weighted by Crippen LogP contribution is 2.37. The number of phenols is 1. The van der Waals surface area contributed by atoms with Crippen LogP contribution in [0.25, 0.3) is 11.3 Å². The Hall–Kier alpha value is -1.49. The highest BCUT2D eigenvalue weighted by atomic mass is 79.9. The summed E-state index contributed by atoms with van der Waals surface area (Å²) in [5.74, 6) is 0.399. The molecule has 1 aromatic carbocycles. The summed E-state index contributed by atoms with van der Waals surface area (Å²) in [6.07, 6.45) is 0. The van der Waals surface area contributed by atoms with E-state index >= 15 is 0 Å². The minimum Gasteiger partial charge on any atom is -0.507 e. The first kappa shape index (κ1) is 10.0. The molecule has 0 saturated heterocycles. The average molecular weight is 269 g/mol. The van der Waals surface area contributed by atoms with Gasteiger partial charge in [0.05, 0.1) is 5.56 Å². The molecule has 3 N–H and O–H groups in total. The van der Waals surface area contributed by atoms with Crippen LogP contribution in [0.1, 0.15) is 5.56 Å².